The van der Waals surface area contributed by atoms with Crippen LogP contribution in [0.25, 0.3) is 0 Å². The van der Waals surface area contributed by atoms with Crippen LogP contribution >= 0.6 is 15.9 Å². The van der Waals surface area contributed by atoms with E-state index in [1.165, 1.54) is 0 Å². The normalized spacial score (nSPS) is 14.6. The summed E-state index contributed by atoms with van der Waals surface area (Å²) in [5.41, 5.74) is -0.774. The SMILES string of the molecule is CC(C)(CBr)CC(C)(C)CC(F)(F)F. The van der Waals surface area contributed by atoms with Gasteiger partial charge in [-0.25, -0.2) is 0 Å². The molecular weight excluding hydrogens is 257 g/mol. The van der Waals surface area contributed by atoms with Gasteiger partial charge in [0.2, 0.25) is 0 Å². The molecule has 0 aliphatic carbocycles. The van der Waals surface area contributed by atoms with Gasteiger partial charge in [0.15, 0.2) is 0 Å². The van der Waals surface area contributed by atoms with Crippen molar-refractivity contribution in [3.05, 3.63) is 0 Å². The molecule has 0 nitrogen and oxygen atoms in total. The van der Waals surface area contributed by atoms with Crippen LogP contribution in [0.5, 0.6) is 0 Å². The molecule has 0 heterocycles. The Morgan fingerprint density at radius 2 is 1.29 bits per heavy atom. The smallest absolute Gasteiger partial charge is 0.171 e. The average molecular weight is 275 g/mol. The summed E-state index contributed by atoms with van der Waals surface area (Å²) in [4.78, 5) is 0. The van der Waals surface area contributed by atoms with Crippen LogP contribution in [-0.4, -0.2) is 11.5 Å². The molecular formula is C10H18BrF3. The van der Waals surface area contributed by atoms with Crippen molar-refractivity contribution in [3.8, 4) is 0 Å². The molecule has 0 fully saturated rings. The fraction of sp³-hybridized carbons (Fsp3) is 1.00. The number of hydrogen-bond donors (Lipinski definition) is 0. The second kappa shape index (κ2) is 4.42. The van der Waals surface area contributed by atoms with E-state index < -0.39 is 18.0 Å². The van der Waals surface area contributed by atoms with Crippen molar-refractivity contribution in [2.24, 2.45) is 10.8 Å². The lowest BCUT2D eigenvalue weighted by Gasteiger charge is -2.34. The molecule has 0 bridgehead atoms. The van der Waals surface area contributed by atoms with E-state index in [1.807, 2.05) is 13.8 Å². The first-order chi connectivity index (χ1) is 5.97. The predicted octanol–water partition coefficient (Wildman–Crippen LogP) is 4.78. The molecule has 0 saturated carbocycles. The van der Waals surface area contributed by atoms with Crippen LogP contribution < -0.4 is 0 Å². The van der Waals surface area contributed by atoms with Crippen LogP contribution in [-0.2, 0) is 0 Å². The zero-order valence-electron chi connectivity index (χ0n) is 9.13. The summed E-state index contributed by atoms with van der Waals surface area (Å²) in [6.45, 7) is 7.29. The third kappa shape index (κ3) is 6.68. The molecule has 0 saturated heterocycles. The van der Waals surface area contributed by atoms with Gasteiger partial charge in [-0.3, -0.25) is 0 Å². The highest BCUT2D eigenvalue weighted by Gasteiger charge is 2.39. The Labute approximate surface area is 92.4 Å². The molecule has 4 heteroatoms. The molecule has 0 amide bonds. The minimum atomic E-state index is -4.06. The molecule has 0 radical (unpaired) electrons. The minimum Gasteiger partial charge on any atom is -0.171 e. The summed E-state index contributed by atoms with van der Waals surface area (Å²) in [6, 6.07) is 0. The topological polar surface area (TPSA) is 0 Å². The lowest BCUT2D eigenvalue weighted by atomic mass is 9.74. The Kier molecular flexibility index (Phi) is 4.50. The van der Waals surface area contributed by atoms with Gasteiger partial charge in [-0.15, -0.1) is 0 Å². The van der Waals surface area contributed by atoms with Crippen molar-refractivity contribution in [1.82, 2.24) is 0 Å². The van der Waals surface area contributed by atoms with E-state index >= 15 is 0 Å². The first-order valence-corrected chi connectivity index (χ1v) is 5.72. The summed E-state index contributed by atoms with van der Waals surface area (Å²) < 4.78 is 36.7. The van der Waals surface area contributed by atoms with E-state index in [2.05, 4.69) is 15.9 Å². The van der Waals surface area contributed by atoms with Crippen molar-refractivity contribution in [2.75, 3.05) is 5.33 Å². The third-order valence-corrected chi connectivity index (χ3v) is 3.52. The van der Waals surface area contributed by atoms with Gasteiger partial charge in [0, 0.05) is 11.8 Å². The van der Waals surface area contributed by atoms with E-state index in [0.717, 1.165) is 5.33 Å². The standard InChI is InChI=1S/C10H18BrF3/c1-8(2,6-10(12,13)14)5-9(3,4)7-11/h5-7H2,1-4H3. The summed E-state index contributed by atoms with van der Waals surface area (Å²) in [6.07, 6.45) is -4.22. The van der Waals surface area contributed by atoms with E-state index in [-0.39, 0.29) is 5.41 Å². The summed E-state index contributed by atoms with van der Waals surface area (Å²) in [7, 11) is 0. The summed E-state index contributed by atoms with van der Waals surface area (Å²) >= 11 is 3.32. The molecule has 0 N–H and O–H groups in total. The molecule has 14 heavy (non-hydrogen) atoms. The monoisotopic (exact) mass is 274 g/mol. The lowest BCUT2D eigenvalue weighted by Crippen LogP contribution is -2.29. The Morgan fingerprint density at radius 3 is 1.57 bits per heavy atom. The molecule has 86 valence electrons. The van der Waals surface area contributed by atoms with Gasteiger partial charge in [0.25, 0.3) is 0 Å². The van der Waals surface area contributed by atoms with E-state index in [9.17, 15) is 13.2 Å². The highest BCUT2D eigenvalue weighted by atomic mass is 79.9. The molecule has 0 rings (SSSR count). The molecule has 0 spiro atoms. The van der Waals surface area contributed by atoms with E-state index in [1.54, 1.807) is 13.8 Å². The Morgan fingerprint density at radius 1 is 0.857 bits per heavy atom. The molecule has 0 unspecified atom stereocenters. The van der Waals surface area contributed by atoms with Crippen molar-refractivity contribution in [1.29, 1.82) is 0 Å². The van der Waals surface area contributed by atoms with Crippen LogP contribution in [0.4, 0.5) is 13.2 Å². The van der Waals surface area contributed by atoms with Gasteiger partial charge in [-0.1, -0.05) is 43.6 Å². The quantitative estimate of drug-likeness (QED) is 0.648. The van der Waals surface area contributed by atoms with Gasteiger partial charge in [0.1, 0.15) is 0 Å². The Hall–Kier alpha value is 0.270. The maximum absolute atomic E-state index is 12.2. The maximum Gasteiger partial charge on any atom is 0.389 e. The van der Waals surface area contributed by atoms with Crippen LogP contribution in [0.15, 0.2) is 0 Å². The highest BCUT2D eigenvalue weighted by molar-refractivity contribution is 9.09. The fourth-order valence-electron chi connectivity index (χ4n) is 1.95. The Bertz CT molecular complexity index is 182. The molecule has 0 aliphatic heterocycles. The Balaban J connectivity index is 4.35. The van der Waals surface area contributed by atoms with Gasteiger partial charge in [-0.05, 0) is 17.3 Å². The number of rotatable bonds is 4. The first-order valence-electron chi connectivity index (χ1n) is 4.60. The average Bonchev–Trinajstić information content (AvgIpc) is 1.78. The lowest BCUT2D eigenvalue weighted by molar-refractivity contribution is -0.157. The first kappa shape index (κ1) is 14.3. The largest absolute Gasteiger partial charge is 0.389 e. The zero-order chi connectivity index (χ0) is 11.6. The maximum atomic E-state index is 12.2. The number of halogens is 4. The van der Waals surface area contributed by atoms with E-state index in [4.69, 9.17) is 0 Å². The fourth-order valence-corrected chi connectivity index (χ4v) is 2.15. The van der Waals surface area contributed by atoms with Crippen molar-refractivity contribution >= 4 is 15.9 Å². The van der Waals surface area contributed by atoms with Crippen LogP contribution in [0.1, 0.15) is 40.5 Å². The summed E-state index contributed by atoms with van der Waals surface area (Å²) in [5.74, 6) is 0. The molecule has 0 aromatic rings. The van der Waals surface area contributed by atoms with Crippen LogP contribution in [0, 0.1) is 10.8 Å². The van der Waals surface area contributed by atoms with Gasteiger partial charge in [-0.2, -0.15) is 13.2 Å². The van der Waals surface area contributed by atoms with Gasteiger partial charge >= 0.3 is 6.18 Å². The zero-order valence-corrected chi connectivity index (χ0v) is 10.7. The summed E-state index contributed by atoms with van der Waals surface area (Å²) in [5, 5.41) is 0.723. The minimum absolute atomic E-state index is 0.0885. The molecule has 0 aliphatic rings. The van der Waals surface area contributed by atoms with E-state index in [0.29, 0.717) is 6.42 Å². The van der Waals surface area contributed by atoms with Crippen molar-refractivity contribution in [2.45, 2.75) is 46.7 Å². The van der Waals surface area contributed by atoms with Crippen molar-refractivity contribution < 1.29 is 13.2 Å². The number of alkyl halides is 4. The molecule has 0 atom stereocenters. The van der Waals surface area contributed by atoms with Gasteiger partial charge < -0.3 is 0 Å². The highest BCUT2D eigenvalue weighted by Crippen LogP contribution is 2.41. The molecule has 0 aromatic carbocycles. The third-order valence-electron chi connectivity index (χ3n) is 2.00. The second-order valence-electron chi connectivity index (χ2n) is 5.43. The van der Waals surface area contributed by atoms with Gasteiger partial charge in [0.05, 0.1) is 0 Å². The number of hydrogen-bond acceptors (Lipinski definition) is 0. The van der Waals surface area contributed by atoms with Crippen molar-refractivity contribution in [3.63, 3.8) is 0 Å². The molecule has 0 aromatic heterocycles. The predicted molar refractivity (Wildman–Crippen MR) is 56.6 cm³/mol. The second-order valence-corrected chi connectivity index (χ2v) is 5.99. The van der Waals surface area contributed by atoms with Crippen LogP contribution in [0.3, 0.4) is 0 Å². The van der Waals surface area contributed by atoms with Crippen LogP contribution in [0.2, 0.25) is 0 Å².